The van der Waals surface area contributed by atoms with Crippen LogP contribution in [0.15, 0.2) is 41.8 Å². The number of carbonyl (C=O) groups is 2. The van der Waals surface area contributed by atoms with E-state index < -0.39 is 0 Å². The van der Waals surface area contributed by atoms with Crippen LogP contribution in [0.25, 0.3) is 0 Å². The number of hydrogen-bond donors (Lipinski definition) is 0. The van der Waals surface area contributed by atoms with Crippen molar-refractivity contribution < 1.29 is 9.59 Å². The van der Waals surface area contributed by atoms with Crippen LogP contribution in [-0.4, -0.2) is 60.9 Å². The van der Waals surface area contributed by atoms with Crippen molar-refractivity contribution in [2.75, 3.05) is 44.2 Å². The van der Waals surface area contributed by atoms with Gasteiger partial charge in [0.2, 0.25) is 5.91 Å². The zero-order valence-electron chi connectivity index (χ0n) is 17.0. The van der Waals surface area contributed by atoms with Crippen LogP contribution in [-0.2, 0) is 4.79 Å². The fourth-order valence-corrected chi connectivity index (χ4v) is 4.98. The average Bonchev–Trinajstić information content (AvgIpc) is 3.23. The summed E-state index contributed by atoms with van der Waals surface area (Å²) in [5.41, 5.74) is 1.76. The van der Waals surface area contributed by atoms with Gasteiger partial charge in [-0.05, 0) is 55.0 Å². The minimum atomic E-state index is 0.0128. The van der Waals surface area contributed by atoms with Gasteiger partial charge in [-0.3, -0.25) is 9.59 Å². The first-order valence-electron chi connectivity index (χ1n) is 10.5. The van der Waals surface area contributed by atoms with Crippen LogP contribution in [0.5, 0.6) is 0 Å². The average molecular weight is 423 g/mol. The summed E-state index contributed by atoms with van der Waals surface area (Å²) in [5.74, 6) is 0.336. The minimum Gasteiger partial charge on any atom is -0.370 e. The van der Waals surface area contributed by atoms with Crippen molar-refractivity contribution in [3.05, 3.63) is 52.2 Å². The first-order chi connectivity index (χ1) is 14.7. The van der Waals surface area contributed by atoms with Gasteiger partial charge < -0.3 is 14.7 Å². The Balaban J connectivity index is 1.30. The van der Waals surface area contributed by atoms with E-state index in [4.69, 9.17) is 5.26 Å². The number of carbonyl (C=O) groups excluding carboxylic acids is 2. The Kier molecular flexibility index (Phi) is 6.34. The molecule has 6 nitrogen and oxygen atoms in total. The highest BCUT2D eigenvalue weighted by molar-refractivity contribution is 7.12. The van der Waals surface area contributed by atoms with Crippen LogP contribution in [0.3, 0.4) is 0 Å². The van der Waals surface area contributed by atoms with Crippen LogP contribution in [0.2, 0.25) is 0 Å². The third kappa shape index (κ3) is 4.49. The number of likely N-dealkylation sites (tertiary alicyclic amines) is 1. The molecule has 2 aliphatic rings. The summed E-state index contributed by atoms with van der Waals surface area (Å²) in [6.07, 6.45) is 2.42. The summed E-state index contributed by atoms with van der Waals surface area (Å²) < 4.78 is 0. The molecule has 0 N–H and O–H groups in total. The molecule has 0 radical (unpaired) electrons. The van der Waals surface area contributed by atoms with Gasteiger partial charge in [-0.2, -0.15) is 5.26 Å². The zero-order chi connectivity index (χ0) is 20.9. The predicted molar refractivity (Wildman–Crippen MR) is 118 cm³/mol. The molecule has 0 bridgehead atoms. The number of benzene rings is 1. The highest BCUT2D eigenvalue weighted by Crippen LogP contribution is 2.24. The van der Waals surface area contributed by atoms with Gasteiger partial charge in [0.15, 0.2) is 0 Å². The summed E-state index contributed by atoms with van der Waals surface area (Å²) in [6.45, 7) is 4.50. The summed E-state index contributed by atoms with van der Waals surface area (Å²) in [7, 11) is 0. The van der Waals surface area contributed by atoms with Gasteiger partial charge in [-0.15, -0.1) is 11.3 Å². The molecular weight excluding hydrogens is 396 g/mol. The smallest absolute Gasteiger partial charge is 0.263 e. The Labute approximate surface area is 181 Å². The van der Waals surface area contributed by atoms with Crippen molar-refractivity contribution in [1.82, 2.24) is 9.80 Å². The molecule has 4 rings (SSSR count). The van der Waals surface area contributed by atoms with E-state index in [1.165, 1.54) is 11.3 Å². The summed E-state index contributed by atoms with van der Waals surface area (Å²) in [6, 6.07) is 13.6. The van der Waals surface area contributed by atoms with Crippen molar-refractivity contribution in [2.45, 2.75) is 19.3 Å². The molecule has 1 aromatic carbocycles. The first-order valence-corrected chi connectivity index (χ1v) is 11.4. The fraction of sp³-hybridized carbons (Fsp3) is 0.435. The Morgan fingerprint density at radius 2 is 1.70 bits per heavy atom. The quantitative estimate of drug-likeness (QED) is 0.762. The molecule has 0 aliphatic carbocycles. The second-order valence-electron chi connectivity index (χ2n) is 7.87. The van der Waals surface area contributed by atoms with E-state index in [0.29, 0.717) is 25.2 Å². The van der Waals surface area contributed by atoms with Gasteiger partial charge in [0.05, 0.1) is 16.5 Å². The highest BCUT2D eigenvalue weighted by Gasteiger charge is 2.31. The molecule has 0 spiro atoms. The largest absolute Gasteiger partial charge is 0.370 e. The SMILES string of the molecule is N#Cc1ccc(N2CCCN(C(=O)C3CCN(C(=O)c4cccs4)CC3)CC2)cc1. The maximum atomic E-state index is 13.1. The van der Waals surface area contributed by atoms with E-state index in [1.54, 1.807) is 0 Å². The van der Waals surface area contributed by atoms with Crippen LogP contribution < -0.4 is 4.90 Å². The van der Waals surface area contributed by atoms with E-state index in [-0.39, 0.29) is 17.7 Å². The summed E-state index contributed by atoms with van der Waals surface area (Å²) in [4.78, 5) is 32.6. The molecule has 0 saturated carbocycles. The highest BCUT2D eigenvalue weighted by atomic mass is 32.1. The van der Waals surface area contributed by atoms with E-state index >= 15 is 0 Å². The predicted octanol–water partition coefficient (Wildman–Crippen LogP) is 3.21. The van der Waals surface area contributed by atoms with Crippen LogP contribution in [0.1, 0.15) is 34.5 Å². The maximum Gasteiger partial charge on any atom is 0.263 e. The number of nitriles is 1. The monoisotopic (exact) mass is 422 g/mol. The minimum absolute atomic E-state index is 0.0128. The topological polar surface area (TPSA) is 67.7 Å². The lowest BCUT2D eigenvalue weighted by atomic mass is 9.95. The fourth-order valence-electron chi connectivity index (χ4n) is 4.29. The number of amides is 2. The molecule has 2 amide bonds. The molecule has 2 aromatic rings. The molecule has 2 fully saturated rings. The standard InChI is InChI=1S/C23H26N4O2S/c24-17-18-4-6-20(7-5-18)25-10-2-11-26(15-14-25)22(28)19-8-12-27(13-9-19)23(29)21-3-1-16-30-21/h1,3-7,16,19H,2,8-15H2. The molecule has 30 heavy (non-hydrogen) atoms. The number of piperidine rings is 1. The molecule has 0 atom stereocenters. The van der Waals surface area contributed by atoms with E-state index in [9.17, 15) is 9.59 Å². The molecule has 2 aliphatic heterocycles. The van der Waals surface area contributed by atoms with E-state index in [0.717, 1.165) is 49.5 Å². The Bertz CT molecular complexity index is 912. The molecule has 0 unspecified atom stereocenters. The van der Waals surface area contributed by atoms with Gasteiger partial charge in [-0.25, -0.2) is 0 Å². The van der Waals surface area contributed by atoms with E-state index in [2.05, 4.69) is 11.0 Å². The normalized spacial score (nSPS) is 18.0. The van der Waals surface area contributed by atoms with Gasteiger partial charge in [-0.1, -0.05) is 6.07 Å². The molecular formula is C23H26N4O2S. The molecule has 1 aromatic heterocycles. The van der Waals surface area contributed by atoms with Gasteiger partial charge in [0.25, 0.3) is 5.91 Å². The lowest BCUT2D eigenvalue weighted by Gasteiger charge is -2.34. The number of nitrogens with zero attached hydrogens (tertiary/aromatic N) is 4. The van der Waals surface area contributed by atoms with Crippen molar-refractivity contribution in [2.24, 2.45) is 5.92 Å². The van der Waals surface area contributed by atoms with Gasteiger partial charge >= 0.3 is 0 Å². The number of anilines is 1. The first kappa shape index (κ1) is 20.4. The van der Waals surface area contributed by atoms with Crippen molar-refractivity contribution >= 4 is 28.8 Å². The van der Waals surface area contributed by atoms with Crippen molar-refractivity contribution in [3.63, 3.8) is 0 Å². The Morgan fingerprint density at radius 3 is 2.37 bits per heavy atom. The van der Waals surface area contributed by atoms with Gasteiger partial charge in [0, 0.05) is 50.9 Å². The second kappa shape index (κ2) is 9.31. The number of hydrogen-bond acceptors (Lipinski definition) is 5. The molecule has 156 valence electrons. The lowest BCUT2D eigenvalue weighted by Crippen LogP contribution is -2.45. The summed E-state index contributed by atoms with van der Waals surface area (Å²) in [5, 5.41) is 10.9. The Hall–Kier alpha value is -2.85. The lowest BCUT2D eigenvalue weighted by molar-refractivity contribution is -0.136. The van der Waals surface area contributed by atoms with E-state index in [1.807, 2.05) is 51.6 Å². The maximum absolute atomic E-state index is 13.1. The van der Waals surface area contributed by atoms with Crippen molar-refractivity contribution in [3.8, 4) is 6.07 Å². The number of rotatable bonds is 3. The Morgan fingerprint density at radius 1 is 0.933 bits per heavy atom. The molecule has 7 heteroatoms. The zero-order valence-corrected chi connectivity index (χ0v) is 17.8. The number of thiophene rings is 1. The third-order valence-corrected chi connectivity index (χ3v) is 6.89. The van der Waals surface area contributed by atoms with Crippen LogP contribution >= 0.6 is 11.3 Å². The third-order valence-electron chi connectivity index (χ3n) is 6.03. The molecule has 2 saturated heterocycles. The van der Waals surface area contributed by atoms with Crippen LogP contribution in [0.4, 0.5) is 5.69 Å². The second-order valence-corrected chi connectivity index (χ2v) is 8.82. The molecule has 3 heterocycles. The van der Waals surface area contributed by atoms with Crippen LogP contribution in [0, 0.1) is 17.2 Å². The van der Waals surface area contributed by atoms with Gasteiger partial charge in [0.1, 0.15) is 0 Å². The van der Waals surface area contributed by atoms with Crippen molar-refractivity contribution in [1.29, 1.82) is 5.26 Å². The summed E-state index contributed by atoms with van der Waals surface area (Å²) >= 11 is 1.47.